The maximum atomic E-state index is 13.1. The van der Waals surface area contributed by atoms with Crippen molar-refractivity contribution in [3.63, 3.8) is 0 Å². The van der Waals surface area contributed by atoms with Crippen molar-refractivity contribution < 1.29 is 9.59 Å². The quantitative estimate of drug-likeness (QED) is 0.887. The van der Waals surface area contributed by atoms with Crippen molar-refractivity contribution in [1.82, 2.24) is 4.90 Å². The molecule has 1 aliphatic carbocycles. The maximum Gasteiger partial charge on any atom is 0.254 e. The molecule has 1 aliphatic heterocycles. The minimum absolute atomic E-state index is 0.0109. The van der Waals surface area contributed by atoms with Gasteiger partial charge in [0.15, 0.2) is 0 Å². The van der Waals surface area contributed by atoms with Crippen molar-refractivity contribution >= 4 is 23.2 Å². The normalized spacial score (nSPS) is 20.3. The van der Waals surface area contributed by atoms with Crippen LogP contribution < -0.4 is 10.2 Å². The Morgan fingerprint density at radius 2 is 1.89 bits per heavy atom. The van der Waals surface area contributed by atoms with Gasteiger partial charge in [0.25, 0.3) is 5.91 Å². The highest BCUT2D eigenvalue weighted by atomic mass is 16.2. The molecule has 2 aromatic carbocycles. The molecule has 146 valence electrons. The third-order valence-corrected chi connectivity index (χ3v) is 5.83. The van der Waals surface area contributed by atoms with E-state index in [9.17, 15) is 9.59 Å². The second-order valence-electron chi connectivity index (χ2n) is 8.21. The zero-order valence-electron chi connectivity index (χ0n) is 16.7. The summed E-state index contributed by atoms with van der Waals surface area (Å²) in [4.78, 5) is 29.2. The molecule has 2 amide bonds. The van der Waals surface area contributed by atoms with Crippen LogP contribution in [0.15, 0.2) is 42.5 Å². The minimum Gasteiger partial charge on any atom is -0.378 e. The third-order valence-electron chi connectivity index (χ3n) is 5.83. The highest BCUT2D eigenvalue weighted by Crippen LogP contribution is 2.38. The van der Waals surface area contributed by atoms with Crippen molar-refractivity contribution in [2.24, 2.45) is 11.8 Å². The average Bonchev–Trinajstić information content (AvgIpc) is 3.43. The molecule has 2 atom stereocenters. The van der Waals surface area contributed by atoms with Crippen molar-refractivity contribution in [2.75, 3.05) is 30.9 Å². The number of anilines is 2. The Bertz CT molecular complexity index is 922. The van der Waals surface area contributed by atoms with Gasteiger partial charge in [0.1, 0.15) is 0 Å². The van der Waals surface area contributed by atoms with E-state index in [0.717, 1.165) is 18.5 Å². The van der Waals surface area contributed by atoms with Gasteiger partial charge in [0.05, 0.1) is 0 Å². The number of nitrogens with zero attached hydrogens (tertiary/aromatic N) is 2. The van der Waals surface area contributed by atoms with E-state index in [1.54, 1.807) is 6.07 Å². The zero-order chi connectivity index (χ0) is 19.8. The van der Waals surface area contributed by atoms with Crippen LogP contribution in [0.3, 0.4) is 0 Å². The Kier molecular flexibility index (Phi) is 4.84. The topological polar surface area (TPSA) is 52.7 Å². The molecule has 5 nitrogen and oxygen atoms in total. The molecule has 0 aromatic heterocycles. The van der Waals surface area contributed by atoms with Crippen LogP contribution in [0, 0.1) is 11.8 Å². The summed E-state index contributed by atoms with van der Waals surface area (Å²) < 4.78 is 0. The van der Waals surface area contributed by atoms with Gasteiger partial charge in [-0.1, -0.05) is 19.1 Å². The number of hydrogen-bond donors (Lipinski definition) is 1. The lowest BCUT2D eigenvalue weighted by Crippen LogP contribution is -2.36. The SMILES string of the molecule is CC1CC1C(=O)Nc1cccc(C(=O)N2CCc3ccc(N(C)C)cc3C2)c1. The first kappa shape index (κ1) is 18.5. The molecule has 0 bridgehead atoms. The lowest BCUT2D eigenvalue weighted by Gasteiger charge is -2.30. The molecule has 1 saturated carbocycles. The van der Waals surface area contributed by atoms with Crippen LogP contribution in [-0.2, 0) is 17.8 Å². The Morgan fingerprint density at radius 1 is 1.11 bits per heavy atom. The van der Waals surface area contributed by atoms with E-state index in [1.165, 1.54) is 11.1 Å². The van der Waals surface area contributed by atoms with E-state index in [1.807, 2.05) is 37.2 Å². The molecule has 28 heavy (non-hydrogen) atoms. The molecule has 0 radical (unpaired) electrons. The predicted octanol–water partition coefficient (Wildman–Crippen LogP) is 3.55. The molecule has 4 rings (SSSR count). The molecule has 1 N–H and O–H groups in total. The molecule has 2 aliphatic rings. The number of carbonyl (C=O) groups excluding carboxylic acids is 2. The number of amides is 2. The first-order chi connectivity index (χ1) is 13.4. The Balaban J connectivity index is 1.48. The predicted molar refractivity (Wildman–Crippen MR) is 112 cm³/mol. The molecule has 0 saturated heterocycles. The second kappa shape index (κ2) is 7.30. The maximum absolute atomic E-state index is 13.1. The van der Waals surface area contributed by atoms with E-state index in [0.29, 0.717) is 30.3 Å². The van der Waals surface area contributed by atoms with Gasteiger partial charge in [-0.15, -0.1) is 0 Å². The standard InChI is InChI=1S/C23H27N3O2/c1-15-11-21(15)22(27)24-19-6-4-5-17(12-19)23(28)26-10-9-16-7-8-20(25(2)3)13-18(16)14-26/h4-8,12-13,15,21H,9-11,14H2,1-3H3,(H,24,27). The molecule has 5 heteroatoms. The van der Waals surface area contributed by atoms with Crippen LogP contribution in [0.1, 0.15) is 34.8 Å². The van der Waals surface area contributed by atoms with Crippen molar-refractivity contribution in [2.45, 2.75) is 26.3 Å². The van der Waals surface area contributed by atoms with Crippen molar-refractivity contribution in [3.8, 4) is 0 Å². The van der Waals surface area contributed by atoms with Gasteiger partial charge in [-0.3, -0.25) is 9.59 Å². The highest BCUT2D eigenvalue weighted by molar-refractivity contribution is 5.98. The third kappa shape index (κ3) is 3.75. The molecular formula is C23H27N3O2. The lowest BCUT2D eigenvalue weighted by atomic mass is 9.98. The zero-order valence-corrected chi connectivity index (χ0v) is 16.7. The second-order valence-corrected chi connectivity index (χ2v) is 8.21. The Hall–Kier alpha value is -2.82. The van der Waals surface area contributed by atoms with Gasteiger partial charge in [0, 0.05) is 50.0 Å². The van der Waals surface area contributed by atoms with Crippen LogP contribution in [-0.4, -0.2) is 37.4 Å². The van der Waals surface area contributed by atoms with Crippen LogP contribution >= 0.6 is 0 Å². The summed E-state index contributed by atoms with van der Waals surface area (Å²) in [5, 5.41) is 2.95. The fourth-order valence-corrected chi connectivity index (χ4v) is 3.83. The molecule has 0 spiro atoms. The van der Waals surface area contributed by atoms with Gasteiger partial charge in [-0.2, -0.15) is 0 Å². The first-order valence-electron chi connectivity index (χ1n) is 9.91. The lowest BCUT2D eigenvalue weighted by molar-refractivity contribution is -0.117. The number of nitrogens with one attached hydrogen (secondary N) is 1. The van der Waals surface area contributed by atoms with Crippen LogP contribution in [0.5, 0.6) is 0 Å². The summed E-state index contributed by atoms with van der Waals surface area (Å²) in [5.74, 6) is 0.645. The smallest absolute Gasteiger partial charge is 0.254 e. The molecule has 2 unspecified atom stereocenters. The summed E-state index contributed by atoms with van der Waals surface area (Å²) in [6.07, 6.45) is 1.82. The summed E-state index contributed by atoms with van der Waals surface area (Å²) in [5.41, 5.74) is 4.98. The Morgan fingerprint density at radius 3 is 2.61 bits per heavy atom. The number of fused-ring (bicyclic) bond motifs is 1. The molecular weight excluding hydrogens is 350 g/mol. The summed E-state index contributed by atoms with van der Waals surface area (Å²) >= 11 is 0. The van der Waals surface area contributed by atoms with Gasteiger partial charge in [0.2, 0.25) is 5.91 Å². The van der Waals surface area contributed by atoms with E-state index >= 15 is 0 Å². The number of rotatable bonds is 4. The van der Waals surface area contributed by atoms with Gasteiger partial charge in [-0.05, 0) is 60.2 Å². The van der Waals surface area contributed by atoms with Gasteiger partial charge >= 0.3 is 0 Å². The fraction of sp³-hybridized carbons (Fsp3) is 0.391. The van der Waals surface area contributed by atoms with Crippen LogP contribution in [0.2, 0.25) is 0 Å². The van der Waals surface area contributed by atoms with E-state index < -0.39 is 0 Å². The van der Waals surface area contributed by atoms with Crippen LogP contribution in [0.25, 0.3) is 0 Å². The van der Waals surface area contributed by atoms with E-state index in [2.05, 4.69) is 35.3 Å². The monoisotopic (exact) mass is 377 g/mol. The number of carbonyl (C=O) groups is 2. The molecule has 1 fully saturated rings. The van der Waals surface area contributed by atoms with E-state index in [-0.39, 0.29) is 17.7 Å². The largest absolute Gasteiger partial charge is 0.378 e. The van der Waals surface area contributed by atoms with Crippen molar-refractivity contribution in [3.05, 3.63) is 59.2 Å². The summed E-state index contributed by atoms with van der Waals surface area (Å²) in [7, 11) is 4.05. The van der Waals surface area contributed by atoms with Crippen molar-refractivity contribution in [1.29, 1.82) is 0 Å². The number of benzene rings is 2. The average molecular weight is 377 g/mol. The Labute approximate surface area is 166 Å². The highest BCUT2D eigenvalue weighted by Gasteiger charge is 2.39. The minimum atomic E-state index is 0.0109. The van der Waals surface area contributed by atoms with Crippen LogP contribution in [0.4, 0.5) is 11.4 Å². The summed E-state index contributed by atoms with van der Waals surface area (Å²) in [6, 6.07) is 13.8. The van der Waals surface area contributed by atoms with Gasteiger partial charge < -0.3 is 15.1 Å². The number of hydrogen-bond acceptors (Lipinski definition) is 3. The molecule has 1 heterocycles. The first-order valence-corrected chi connectivity index (χ1v) is 9.91. The fourth-order valence-electron chi connectivity index (χ4n) is 3.83. The van der Waals surface area contributed by atoms with E-state index in [4.69, 9.17) is 0 Å². The molecule has 2 aromatic rings. The van der Waals surface area contributed by atoms with Gasteiger partial charge in [-0.25, -0.2) is 0 Å². The summed E-state index contributed by atoms with van der Waals surface area (Å²) in [6.45, 7) is 3.41.